The fourth-order valence-electron chi connectivity index (χ4n) is 4.42. The fourth-order valence-corrected chi connectivity index (χ4v) is 4.42. The summed E-state index contributed by atoms with van der Waals surface area (Å²) in [6.45, 7) is 8.56. The van der Waals surface area contributed by atoms with E-state index in [4.69, 9.17) is 9.47 Å². The smallest absolute Gasteiger partial charge is 0.170 e. The second-order valence-electron chi connectivity index (χ2n) is 7.06. The first kappa shape index (κ1) is 15.7. The number of piperidine rings is 1. The lowest BCUT2D eigenvalue weighted by atomic mass is 9.82. The Balaban J connectivity index is 1.72. The highest BCUT2D eigenvalue weighted by atomic mass is 16.7. The largest absolute Gasteiger partial charge is 0.347 e. The van der Waals surface area contributed by atoms with Crippen LogP contribution in [0.5, 0.6) is 0 Å². The lowest BCUT2D eigenvalue weighted by Gasteiger charge is -2.49. The molecule has 3 rings (SSSR count). The molecule has 3 aliphatic rings. The molecular weight excluding hydrogens is 264 g/mol. The summed E-state index contributed by atoms with van der Waals surface area (Å²) in [5.74, 6) is -0.272. The van der Waals surface area contributed by atoms with Gasteiger partial charge in [-0.1, -0.05) is 13.3 Å². The van der Waals surface area contributed by atoms with Crippen molar-refractivity contribution in [3.8, 4) is 0 Å². The molecule has 2 aliphatic heterocycles. The van der Waals surface area contributed by atoms with Gasteiger partial charge in [0.2, 0.25) is 0 Å². The molecule has 3 unspecified atom stereocenters. The number of hydrogen-bond donors (Lipinski definition) is 1. The lowest BCUT2D eigenvalue weighted by molar-refractivity contribution is -0.196. The van der Waals surface area contributed by atoms with Gasteiger partial charge in [0.1, 0.15) is 0 Å². The molecule has 4 heteroatoms. The summed E-state index contributed by atoms with van der Waals surface area (Å²) < 4.78 is 12.0. The van der Waals surface area contributed by atoms with Crippen LogP contribution in [-0.4, -0.2) is 55.1 Å². The molecule has 0 bridgehead atoms. The predicted octanol–water partition coefficient (Wildman–Crippen LogP) is 2.52. The van der Waals surface area contributed by atoms with E-state index in [2.05, 4.69) is 24.1 Å². The first-order valence-electron chi connectivity index (χ1n) is 9.01. The maximum atomic E-state index is 6.01. The van der Waals surface area contributed by atoms with Crippen molar-refractivity contribution in [2.45, 2.75) is 82.7 Å². The Kier molecular flexibility index (Phi) is 5.20. The molecule has 2 saturated heterocycles. The molecule has 3 atom stereocenters. The third-order valence-electron chi connectivity index (χ3n) is 5.57. The topological polar surface area (TPSA) is 33.7 Å². The molecule has 1 saturated carbocycles. The highest BCUT2D eigenvalue weighted by Crippen LogP contribution is 2.39. The van der Waals surface area contributed by atoms with Gasteiger partial charge in [0, 0.05) is 31.0 Å². The molecule has 1 spiro atoms. The van der Waals surface area contributed by atoms with Crippen LogP contribution in [0.25, 0.3) is 0 Å². The predicted molar refractivity (Wildman–Crippen MR) is 84.4 cm³/mol. The van der Waals surface area contributed by atoms with Crippen molar-refractivity contribution in [3.05, 3.63) is 0 Å². The number of likely N-dealkylation sites (tertiary alicyclic amines) is 1. The maximum absolute atomic E-state index is 6.01. The normalized spacial score (nSPS) is 37.1. The molecule has 21 heavy (non-hydrogen) atoms. The van der Waals surface area contributed by atoms with Crippen LogP contribution in [-0.2, 0) is 9.47 Å². The maximum Gasteiger partial charge on any atom is 0.170 e. The summed E-state index contributed by atoms with van der Waals surface area (Å²) in [5.41, 5.74) is 0. The van der Waals surface area contributed by atoms with Crippen LogP contribution < -0.4 is 5.32 Å². The van der Waals surface area contributed by atoms with E-state index in [1.54, 1.807) is 0 Å². The van der Waals surface area contributed by atoms with Gasteiger partial charge in [-0.2, -0.15) is 0 Å². The summed E-state index contributed by atoms with van der Waals surface area (Å²) in [6.07, 6.45) is 8.54. The standard InChI is InChI=1S/C17H32N2O2/c1-3-9-18-15-7-8-17(20-11-12-21-17)13-16(15)19-10-5-4-6-14(19)2/h14-16,18H,3-13H2,1-2H3. The van der Waals surface area contributed by atoms with Gasteiger partial charge in [0.05, 0.1) is 13.2 Å². The molecule has 122 valence electrons. The summed E-state index contributed by atoms with van der Waals surface area (Å²) in [7, 11) is 0. The van der Waals surface area contributed by atoms with Gasteiger partial charge < -0.3 is 14.8 Å². The number of nitrogens with one attached hydrogen (secondary N) is 1. The molecule has 0 aromatic heterocycles. The van der Waals surface area contributed by atoms with E-state index in [9.17, 15) is 0 Å². The molecule has 2 heterocycles. The molecule has 0 aromatic carbocycles. The lowest BCUT2D eigenvalue weighted by Crippen LogP contribution is -2.60. The van der Waals surface area contributed by atoms with E-state index in [-0.39, 0.29) is 5.79 Å². The van der Waals surface area contributed by atoms with E-state index in [1.807, 2.05) is 0 Å². The van der Waals surface area contributed by atoms with Gasteiger partial charge in [0.15, 0.2) is 5.79 Å². The highest BCUT2D eigenvalue weighted by Gasteiger charge is 2.47. The Bertz CT molecular complexity index is 331. The zero-order chi connectivity index (χ0) is 14.7. The monoisotopic (exact) mass is 296 g/mol. The minimum absolute atomic E-state index is 0.272. The number of nitrogens with zero attached hydrogens (tertiary/aromatic N) is 1. The van der Waals surface area contributed by atoms with Gasteiger partial charge in [-0.05, 0) is 45.7 Å². The van der Waals surface area contributed by atoms with E-state index in [1.165, 1.54) is 38.6 Å². The minimum atomic E-state index is -0.272. The van der Waals surface area contributed by atoms with E-state index >= 15 is 0 Å². The Labute approximate surface area is 129 Å². The van der Waals surface area contributed by atoms with Gasteiger partial charge >= 0.3 is 0 Å². The quantitative estimate of drug-likeness (QED) is 0.864. The first-order valence-corrected chi connectivity index (χ1v) is 9.01. The molecule has 1 N–H and O–H groups in total. The van der Waals surface area contributed by atoms with Crippen molar-refractivity contribution < 1.29 is 9.47 Å². The van der Waals surface area contributed by atoms with Gasteiger partial charge in [-0.25, -0.2) is 0 Å². The van der Waals surface area contributed by atoms with Crippen molar-refractivity contribution in [2.75, 3.05) is 26.3 Å². The van der Waals surface area contributed by atoms with Crippen LogP contribution in [0.4, 0.5) is 0 Å². The van der Waals surface area contributed by atoms with Crippen molar-refractivity contribution in [1.82, 2.24) is 10.2 Å². The fraction of sp³-hybridized carbons (Fsp3) is 1.00. The Hall–Kier alpha value is -0.160. The van der Waals surface area contributed by atoms with Crippen LogP contribution >= 0.6 is 0 Å². The minimum Gasteiger partial charge on any atom is -0.347 e. The first-order chi connectivity index (χ1) is 10.2. The highest BCUT2D eigenvalue weighted by molar-refractivity contribution is 4.98. The Morgan fingerprint density at radius 3 is 2.71 bits per heavy atom. The molecule has 3 fully saturated rings. The zero-order valence-electron chi connectivity index (χ0n) is 13.8. The molecule has 0 amide bonds. The summed E-state index contributed by atoms with van der Waals surface area (Å²) in [6, 6.07) is 1.87. The van der Waals surface area contributed by atoms with Crippen molar-refractivity contribution >= 4 is 0 Å². The summed E-state index contributed by atoms with van der Waals surface area (Å²) >= 11 is 0. The third kappa shape index (κ3) is 3.44. The van der Waals surface area contributed by atoms with E-state index in [0.29, 0.717) is 18.1 Å². The molecule has 1 aliphatic carbocycles. The van der Waals surface area contributed by atoms with E-state index < -0.39 is 0 Å². The van der Waals surface area contributed by atoms with Gasteiger partial charge in [0.25, 0.3) is 0 Å². The van der Waals surface area contributed by atoms with Crippen LogP contribution in [0.15, 0.2) is 0 Å². The van der Waals surface area contributed by atoms with Gasteiger partial charge in [-0.3, -0.25) is 4.90 Å². The average Bonchev–Trinajstić information content (AvgIpc) is 2.95. The summed E-state index contributed by atoms with van der Waals surface area (Å²) in [4.78, 5) is 2.74. The number of ether oxygens (including phenoxy) is 2. The number of rotatable bonds is 4. The van der Waals surface area contributed by atoms with Crippen LogP contribution in [0.3, 0.4) is 0 Å². The van der Waals surface area contributed by atoms with Gasteiger partial charge in [-0.15, -0.1) is 0 Å². The van der Waals surface area contributed by atoms with Crippen molar-refractivity contribution in [2.24, 2.45) is 0 Å². The van der Waals surface area contributed by atoms with Crippen LogP contribution in [0.1, 0.15) is 58.8 Å². The van der Waals surface area contributed by atoms with Crippen molar-refractivity contribution in [1.29, 1.82) is 0 Å². The zero-order valence-corrected chi connectivity index (χ0v) is 13.8. The second kappa shape index (κ2) is 6.95. The molecule has 0 radical (unpaired) electrons. The Morgan fingerprint density at radius 1 is 1.19 bits per heavy atom. The number of hydrogen-bond acceptors (Lipinski definition) is 4. The van der Waals surface area contributed by atoms with Crippen LogP contribution in [0, 0.1) is 0 Å². The third-order valence-corrected chi connectivity index (χ3v) is 5.57. The van der Waals surface area contributed by atoms with E-state index in [0.717, 1.165) is 32.6 Å². The molecule has 0 aromatic rings. The molecular formula is C17H32N2O2. The Morgan fingerprint density at radius 2 is 2.00 bits per heavy atom. The average molecular weight is 296 g/mol. The van der Waals surface area contributed by atoms with Crippen LogP contribution in [0.2, 0.25) is 0 Å². The second-order valence-corrected chi connectivity index (χ2v) is 7.06. The van der Waals surface area contributed by atoms with Crippen molar-refractivity contribution in [3.63, 3.8) is 0 Å². The summed E-state index contributed by atoms with van der Waals surface area (Å²) in [5, 5.41) is 3.79. The molecule has 4 nitrogen and oxygen atoms in total. The SMILES string of the molecule is CCCNC1CCC2(CC1N1CCCCC1C)OCCO2.